The van der Waals surface area contributed by atoms with Crippen molar-refractivity contribution in [3.05, 3.63) is 95.9 Å². The van der Waals surface area contributed by atoms with Crippen LogP contribution in [0.5, 0.6) is 5.88 Å². The molecule has 0 fully saturated rings. The van der Waals surface area contributed by atoms with Crippen LogP contribution < -0.4 is 15.4 Å². The highest BCUT2D eigenvalue weighted by atomic mass is 16.5. The molecule has 1 aliphatic rings. The summed E-state index contributed by atoms with van der Waals surface area (Å²) in [6.45, 7) is 3.71. The number of pyridine rings is 1. The van der Waals surface area contributed by atoms with Gasteiger partial charge in [-0.25, -0.2) is 4.98 Å². The Labute approximate surface area is 234 Å². The summed E-state index contributed by atoms with van der Waals surface area (Å²) in [5, 5.41) is 20.7. The summed E-state index contributed by atoms with van der Waals surface area (Å²) < 4.78 is 8.08. The zero-order valence-corrected chi connectivity index (χ0v) is 22.9. The first-order chi connectivity index (χ1) is 19.4. The normalized spacial score (nSPS) is 15.6. The van der Waals surface area contributed by atoms with E-state index >= 15 is 0 Å². The summed E-state index contributed by atoms with van der Waals surface area (Å²) in [4.78, 5) is 18.2. The number of amides is 1. The van der Waals surface area contributed by atoms with E-state index in [9.17, 15) is 4.79 Å². The standard InChI is InChI=1S/C31H33N7O2/c1-21(23-11-9-22(14-32)10-12-23)15-34-30(24-7-5-4-6-8-24)28-18-33-27-13-25(16-35-31(27)40-28)26-17-36-38(19-26)20-29(39)37(2)3/h4-13,16-17,19,21,28,30,33-34H,15,18,20H2,1-3H3/t21-,28+,30-/m1/s1. The van der Waals surface area contributed by atoms with E-state index in [4.69, 9.17) is 10.00 Å². The number of hydrogen-bond acceptors (Lipinski definition) is 7. The third-order valence-corrected chi connectivity index (χ3v) is 7.15. The molecule has 2 N–H and O–H groups in total. The molecular weight excluding hydrogens is 502 g/mol. The minimum absolute atomic E-state index is 0.0211. The maximum Gasteiger partial charge on any atom is 0.243 e. The molecule has 4 aromatic rings. The van der Waals surface area contributed by atoms with Crippen LogP contribution in [0.15, 0.2) is 79.3 Å². The van der Waals surface area contributed by atoms with Crippen LogP contribution in [0.2, 0.25) is 0 Å². The molecular formula is C31H33N7O2. The molecule has 204 valence electrons. The molecule has 9 nitrogen and oxygen atoms in total. The van der Waals surface area contributed by atoms with Gasteiger partial charge in [-0.15, -0.1) is 0 Å². The number of nitrogens with one attached hydrogen (secondary N) is 2. The second kappa shape index (κ2) is 12.0. The lowest BCUT2D eigenvalue weighted by Crippen LogP contribution is -2.43. The Kier molecular flexibility index (Phi) is 8.08. The molecule has 5 rings (SSSR count). The van der Waals surface area contributed by atoms with Crippen LogP contribution in [0.4, 0.5) is 5.69 Å². The zero-order valence-electron chi connectivity index (χ0n) is 22.9. The first-order valence-corrected chi connectivity index (χ1v) is 13.3. The lowest BCUT2D eigenvalue weighted by molar-refractivity contribution is -0.129. The maximum absolute atomic E-state index is 12.0. The highest BCUT2D eigenvalue weighted by Crippen LogP contribution is 2.34. The van der Waals surface area contributed by atoms with Gasteiger partial charge in [0.05, 0.1) is 36.1 Å². The Morgan fingerprint density at radius 2 is 1.93 bits per heavy atom. The fourth-order valence-electron chi connectivity index (χ4n) is 4.72. The van der Waals surface area contributed by atoms with E-state index in [-0.39, 0.29) is 30.5 Å². The Morgan fingerprint density at radius 1 is 1.15 bits per heavy atom. The first-order valence-electron chi connectivity index (χ1n) is 13.3. The molecule has 3 atom stereocenters. The highest BCUT2D eigenvalue weighted by molar-refractivity contribution is 5.75. The zero-order chi connectivity index (χ0) is 28.1. The Bertz CT molecular complexity index is 1490. The number of fused-ring (bicyclic) bond motifs is 1. The number of hydrogen-bond donors (Lipinski definition) is 2. The van der Waals surface area contributed by atoms with E-state index in [1.165, 1.54) is 5.56 Å². The van der Waals surface area contributed by atoms with Gasteiger partial charge in [0.15, 0.2) is 0 Å². The summed E-state index contributed by atoms with van der Waals surface area (Å²) in [6, 6.07) is 22.2. The number of anilines is 1. The molecule has 0 aliphatic carbocycles. The van der Waals surface area contributed by atoms with Crippen molar-refractivity contribution in [3.8, 4) is 23.1 Å². The second-order valence-electron chi connectivity index (χ2n) is 10.3. The van der Waals surface area contributed by atoms with Crippen LogP contribution in [0.1, 0.15) is 35.6 Å². The molecule has 40 heavy (non-hydrogen) atoms. The van der Waals surface area contributed by atoms with Gasteiger partial charge in [0.1, 0.15) is 12.6 Å². The number of carbonyl (C=O) groups is 1. The molecule has 0 radical (unpaired) electrons. The molecule has 1 aliphatic heterocycles. The number of benzene rings is 2. The van der Waals surface area contributed by atoms with Gasteiger partial charge in [-0.05, 0) is 35.2 Å². The van der Waals surface area contributed by atoms with Crippen LogP contribution in [0, 0.1) is 11.3 Å². The first kappa shape index (κ1) is 26.9. The van der Waals surface area contributed by atoms with Crippen LogP contribution in [-0.4, -0.2) is 58.9 Å². The van der Waals surface area contributed by atoms with Gasteiger partial charge >= 0.3 is 0 Å². The van der Waals surface area contributed by atoms with Gasteiger partial charge < -0.3 is 20.3 Å². The molecule has 1 amide bonds. The van der Waals surface area contributed by atoms with Crippen LogP contribution in [-0.2, 0) is 11.3 Å². The quantitative estimate of drug-likeness (QED) is 0.331. The number of ether oxygens (including phenoxy) is 1. The summed E-state index contributed by atoms with van der Waals surface area (Å²) in [5.74, 6) is 0.780. The Balaban J connectivity index is 1.29. The molecule has 0 unspecified atom stereocenters. The largest absolute Gasteiger partial charge is 0.469 e. The maximum atomic E-state index is 12.0. The average molecular weight is 536 g/mol. The number of likely N-dealkylation sites (N-methyl/N-ethyl adjacent to an activating group) is 1. The van der Waals surface area contributed by atoms with E-state index in [2.05, 4.69) is 45.8 Å². The number of aromatic nitrogens is 3. The molecule has 2 aromatic heterocycles. The average Bonchev–Trinajstić information content (AvgIpc) is 3.45. The van der Waals surface area contributed by atoms with Gasteiger partial charge in [0.25, 0.3) is 0 Å². The fraction of sp³-hybridized carbons (Fsp3) is 0.290. The number of rotatable bonds is 9. The minimum Gasteiger partial charge on any atom is -0.469 e. The fourth-order valence-corrected chi connectivity index (χ4v) is 4.72. The third kappa shape index (κ3) is 6.14. The van der Waals surface area contributed by atoms with Crippen molar-refractivity contribution in [1.29, 1.82) is 5.26 Å². The molecule has 0 bridgehead atoms. The van der Waals surface area contributed by atoms with Crippen molar-refractivity contribution < 1.29 is 9.53 Å². The van der Waals surface area contributed by atoms with E-state index in [1.807, 2.05) is 54.7 Å². The molecule has 3 heterocycles. The van der Waals surface area contributed by atoms with Crippen molar-refractivity contribution in [2.24, 2.45) is 0 Å². The van der Waals surface area contributed by atoms with E-state index < -0.39 is 0 Å². The monoisotopic (exact) mass is 535 g/mol. The van der Waals surface area contributed by atoms with E-state index in [0.717, 1.165) is 28.9 Å². The van der Waals surface area contributed by atoms with Crippen molar-refractivity contribution in [2.75, 3.05) is 32.5 Å². The van der Waals surface area contributed by atoms with Crippen molar-refractivity contribution in [1.82, 2.24) is 25.0 Å². The van der Waals surface area contributed by atoms with Crippen LogP contribution in [0.25, 0.3) is 11.1 Å². The van der Waals surface area contributed by atoms with E-state index in [1.54, 1.807) is 36.1 Å². The van der Waals surface area contributed by atoms with Gasteiger partial charge in [-0.1, -0.05) is 49.4 Å². The molecule has 2 aromatic carbocycles. The second-order valence-corrected chi connectivity index (χ2v) is 10.3. The van der Waals surface area contributed by atoms with Gasteiger partial charge in [0.2, 0.25) is 11.8 Å². The number of nitriles is 1. The summed E-state index contributed by atoms with van der Waals surface area (Å²) in [6.07, 6.45) is 5.18. The van der Waals surface area contributed by atoms with Gasteiger partial charge in [-0.3, -0.25) is 9.48 Å². The SMILES string of the molecule is C[C@H](CN[C@H](c1ccccc1)[C@@H]1CNc2cc(-c3cnn(CC(=O)N(C)C)c3)cnc2O1)c1ccc(C#N)cc1. The summed E-state index contributed by atoms with van der Waals surface area (Å²) in [5.41, 5.74) is 5.58. The summed E-state index contributed by atoms with van der Waals surface area (Å²) >= 11 is 0. The summed E-state index contributed by atoms with van der Waals surface area (Å²) in [7, 11) is 3.46. The van der Waals surface area contributed by atoms with Gasteiger partial charge in [0, 0.05) is 44.2 Å². The van der Waals surface area contributed by atoms with Crippen LogP contribution in [0.3, 0.4) is 0 Å². The lowest BCUT2D eigenvalue weighted by Gasteiger charge is -2.34. The molecule has 0 spiro atoms. The Morgan fingerprint density at radius 3 is 2.65 bits per heavy atom. The minimum atomic E-state index is -0.179. The van der Waals surface area contributed by atoms with Gasteiger partial charge in [-0.2, -0.15) is 10.4 Å². The molecule has 0 saturated carbocycles. The van der Waals surface area contributed by atoms with Crippen molar-refractivity contribution in [3.63, 3.8) is 0 Å². The molecule has 9 heteroatoms. The lowest BCUT2D eigenvalue weighted by atomic mass is 9.96. The van der Waals surface area contributed by atoms with Crippen LogP contribution >= 0.6 is 0 Å². The van der Waals surface area contributed by atoms with Crippen molar-refractivity contribution >= 4 is 11.6 Å². The predicted molar refractivity (Wildman–Crippen MR) is 154 cm³/mol. The van der Waals surface area contributed by atoms with E-state index in [0.29, 0.717) is 18.0 Å². The molecule has 0 saturated heterocycles. The highest BCUT2D eigenvalue weighted by Gasteiger charge is 2.30. The topological polar surface area (TPSA) is 108 Å². The van der Waals surface area contributed by atoms with Crippen molar-refractivity contribution in [2.45, 2.75) is 31.5 Å². The predicted octanol–water partition coefficient (Wildman–Crippen LogP) is 4.21. The number of nitrogens with zero attached hydrogens (tertiary/aromatic N) is 5. The third-order valence-electron chi connectivity index (χ3n) is 7.15. The smallest absolute Gasteiger partial charge is 0.243 e. The Hall–Kier alpha value is -4.68. The number of carbonyl (C=O) groups excluding carboxylic acids is 1.